The predicted octanol–water partition coefficient (Wildman–Crippen LogP) is 5.83. The first-order valence-electron chi connectivity index (χ1n) is 15.9. The molecular weight excluding hydrogens is 644 g/mol. The lowest BCUT2D eigenvalue weighted by molar-refractivity contribution is -0.385. The van der Waals surface area contributed by atoms with Gasteiger partial charge in [-0.25, -0.2) is 8.42 Å². The molecule has 0 aliphatic carbocycles. The number of ether oxygens (including phenoxy) is 1. The maximum atomic E-state index is 14.6. The van der Waals surface area contributed by atoms with E-state index in [4.69, 9.17) is 4.74 Å². The Balaban J connectivity index is 1.83. The van der Waals surface area contributed by atoms with Gasteiger partial charge in [-0.3, -0.25) is 24.0 Å². The number of amides is 2. The SMILES string of the molecule is COc1ccc(N(CC(=O)N(Cc2ccc(C)cc2)C(Cc2ccccc2)C(=O)NCC(C)C)S(=O)(=O)c2ccc(C)c([N+](=O)[O-])c2)cc1. The van der Waals surface area contributed by atoms with Crippen molar-refractivity contribution in [3.8, 4) is 5.75 Å². The number of anilines is 1. The zero-order valence-electron chi connectivity index (χ0n) is 28.3. The molecular formula is C37H42N4O7S. The number of aryl methyl sites for hydroxylation is 2. The number of carbonyl (C=O) groups excluding carboxylic acids is 2. The molecule has 2 amide bonds. The van der Waals surface area contributed by atoms with E-state index < -0.39 is 33.4 Å². The van der Waals surface area contributed by atoms with Crippen LogP contribution in [0, 0.1) is 29.9 Å². The number of benzene rings is 4. The van der Waals surface area contributed by atoms with Gasteiger partial charge in [0.1, 0.15) is 18.3 Å². The summed E-state index contributed by atoms with van der Waals surface area (Å²) in [6.45, 7) is 7.11. The molecule has 0 saturated carbocycles. The second-order valence-electron chi connectivity index (χ2n) is 12.3. The Morgan fingerprint density at radius 1 is 0.898 bits per heavy atom. The summed E-state index contributed by atoms with van der Waals surface area (Å²) in [5.74, 6) is -0.394. The fraction of sp³-hybridized carbons (Fsp3) is 0.297. The number of nitro groups is 1. The summed E-state index contributed by atoms with van der Waals surface area (Å²) >= 11 is 0. The zero-order valence-corrected chi connectivity index (χ0v) is 29.1. The van der Waals surface area contributed by atoms with E-state index in [-0.39, 0.29) is 46.6 Å². The Morgan fingerprint density at radius 3 is 2.14 bits per heavy atom. The van der Waals surface area contributed by atoms with Crippen LogP contribution in [-0.4, -0.2) is 56.3 Å². The highest BCUT2D eigenvalue weighted by atomic mass is 32.2. The number of hydrogen-bond donors (Lipinski definition) is 1. The molecule has 0 saturated heterocycles. The first kappa shape index (κ1) is 36.6. The fourth-order valence-corrected chi connectivity index (χ4v) is 6.65. The molecule has 1 unspecified atom stereocenters. The van der Waals surface area contributed by atoms with Gasteiger partial charge < -0.3 is 15.0 Å². The van der Waals surface area contributed by atoms with Crippen molar-refractivity contribution in [2.45, 2.75) is 51.6 Å². The highest BCUT2D eigenvalue weighted by molar-refractivity contribution is 7.92. The third kappa shape index (κ3) is 9.44. The normalized spacial score (nSPS) is 11.9. The van der Waals surface area contributed by atoms with Crippen LogP contribution in [0.5, 0.6) is 5.75 Å². The third-order valence-corrected chi connectivity index (χ3v) is 9.80. The Labute approximate surface area is 287 Å². The number of rotatable bonds is 15. The van der Waals surface area contributed by atoms with Gasteiger partial charge in [0.25, 0.3) is 15.7 Å². The van der Waals surface area contributed by atoms with Gasteiger partial charge >= 0.3 is 0 Å². The first-order valence-corrected chi connectivity index (χ1v) is 17.3. The Hall–Kier alpha value is -5.23. The van der Waals surface area contributed by atoms with Gasteiger partial charge in [0.15, 0.2) is 0 Å². The van der Waals surface area contributed by atoms with Crippen molar-refractivity contribution < 1.29 is 27.7 Å². The van der Waals surface area contributed by atoms with E-state index >= 15 is 0 Å². The van der Waals surface area contributed by atoms with Crippen molar-refractivity contribution in [2.24, 2.45) is 5.92 Å². The number of nitrogens with zero attached hydrogens (tertiary/aromatic N) is 3. The monoisotopic (exact) mass is 686 g/mol. The molecule has 0 bridgehead atoms. The van der Waals surface area contributed by atoms with Gasteiger partial charge in [-0.15, -0.1) is 0 Å². The number of hydrogen-bond acceptors (Lipinski definition) is 7. The van der Waals surface area contributed by atoms with Crippen LogP contribution in [0.3, 0.4) is 0 Å². The Kier molecular flexibility index (Phi) is 12.1. The topological polar surface area (TPSA) is 139 Å². The molecule has 258 valence electrons. The number of methoxy groups -OCH3 is 1. The van der Waals surface area contributed by atoms with E-state index in [1.54, 1.807) is 12.1 Å². The van der Waals surface area contributed by atoms with Gasteiger partial charge in [0.05, 0.1) is 22.6 Å². The van der Waals surface area contributed by atoms with E-state index in [0.717, 1.165) is 27.1 Å². The maximum Gasteiger partial charge on any atom is 0.273 e. The highest BCUT2D eigenvalue weighted by Crippen LogP contribution is 2.30. The molecule has 12 heteroatoms. The van der Waals surface area contributed by atoms with Crippen LogP contribution in [-0.2, 0) is 32.6 Å². The van der Waals surface area contributed by atoms with Crippen LogP contribution in [0.2, 0.25) is 0 Å². The molecule has 11 nitrogen and oxygen atoms in total. The molecule has 49 heavy (non-hydrogen) atoms. The molecule has 4 rings (SSSR count). The first-order chi connectivity index (χ1) is 23.3. The highest BCUT2D eigenvalue weighted by Gasteiger charge is 2.35. The van der Waals surface area contributed by atoms with E-state index in [1.165, 1.54) is 43.2 Å². The molecule has 0 fully saturated rings. The van der Waals surface area contributed by atoms with Gasteiger partial charge in [-0.2, -0.15) is 0 Å². The lowest BCUT2D eigenvalue weighted by atomic mass is 10.0. The lowest BCUT2D eigenvalue weighted by Gasteiger charge is -2.34. The van der Waals surface area contributed by atoms with Crippen LogP contribution in [0.4, 0.5) is 11.4 Å². The minimum absolute atomic E-state index is 0.0260. The minimum Gasteiger partial charge on any atom is -0.497 e. The largest absolute Gasteiger partial charge is 0.497 e. The predicted molar refractivity (Wildman–Crippen MR) is 189 cm³/mol. The van der Waals surface area contributed by atoms with E-state index in [2.05, 4.69) is 5.32 Å². The molecule has 1 atom stereocenters. The second-order valence-corrected chi connectivity index (χ2v) is 14.1. The van der Waals surface area contributed by atoms with Crippen LogP contribution in [0.1, 0.15) is 36.1 Å². The molecule has 0 aliphatic heterocycles. The summed E-state index contributed by atoms with van der Waals surface area (Å²) in [7, 11) is -3.07. The molecule has 4 aromatic carbocycles. The number of nitrogens with one attached hydrogen (secondary N) is 1. The lowest BCUT2D eigenvalue weighted by Crippen LogP contribution is -2.53. The molecule has 0 aliphatic rings. The summed E-state index contributed by atoms with van der Waals surface area (Å²) in [6.07, 6.45) is 0.182. The van der Waals surface area contributed by atoms with Crippen molar-refractivity contribution in [3.05, 3.63) is 129 Å². The maximum absolute atomic E-state index is 14.6. The number of nitro benzene ring substituents is 1. The average molecular weight is 687 g/mol. The molecule has 0 radical (unpaired) electrons. The average Bonchev–Trinajstić information content (AvgIpc) is 3.08. The van der Waals surface area contributed by atoms with Crippen molar-refractivity contribution in [1.29, 1.82) is 0 Å². The summed E-state index contributed by atoms with van der Waals surface area (Å²) in [5, 5.41) is 14.7. The van der Waals surface area contributed by atoms with Crippen LogP contribution < -0.4 is 14.4 Å². The smallest absolute Gasteiger partial charge is 0.273 e. The molecule has 0 aromatic heterocycles. The van der Waals surface area contributed by atoms with E-state index in [0.29, 0.717) is 12.3 Å². The molecule has 0 spiro atoms. The second kappa shape index (κ2) is 16.2. The standard InChI is InChI=1S/C37H42N4O7S/c1-26(2)23-38-37(43)35(21-29-9-7-6-8-10-29)39(24-30-14-11-27(3)12-15-30)36(42)25-40(31-16-18-32(48-5)19-17-31)49(46,47)33-20-13-28(4)34(22-33)41(44)45/h6-20,22,26,35H,21,23-25H2,1-5H3,(H,38,43). The van der Waals surface area contributed by atoms with Gasteiger partial charge in [-0.05, 0) is 61.2 Å². The molecule has 4 aromatic rings. The van der Waals surface area contributed by atoms with Crippen molar-refractivity contribution in [1.82, 2.24) is 10.2 Å². The molecule has 0 heterocycles. The van der Waals surface area contributed by atoms with Crippen LogP contribution >= 0.6 is 0 Å². The van der Waals surface area contributed by atoms with Crippen LogP contribution in [0.15, 0.2) is 102 Å². The quantitative estimate of drug-likeness (QED) is 0.123. The van der Waals surface area contributed by atoms with Crippen molar-refractivity contribution in [2.75, 3.05) is 24.5 Å². The summed E-state index contributed by atoms with van der Waals surface area (Å²) in [4.78, 5) is 40.7. The van der Waals surface area contributed by atoms with Crippen molar-refractivity contribution in [3.63, 3.8) is 0 Å². The zero-order chi connectivity index (χ0) is 35.7. The summed E-state index contributed by atoms with van der Waals surface area (Å²) in [5.41, 5.74) is 2.64. The Bertz CT molecular complexity index is 1860. The van der Waals surface area contributed by atoms with Crippen molar-refractivity contribution >= 4 is 33.2 Å². The minimum atomic E-state index is -4.54. The number of carbonyl (C=O) groups is 2. The van der Waals surface area contributed by atoms with Gasteiger partial charge in [0.2, 0.25) is 11.8 Å². The van der Waals surface area contributed by atoms with E-state index in [9.17, 15) is 28.1 Å². The summed E-state index contributed by atoms with van der Waals surface area (Å²) in [6, 6.07) is 25.6. The van der Waals surface area contributed by atoms with Crippen LogP contribution in [0.25, 0.3) is 0 Å². The Morgan fingerprint density at radius 2 is 1.55 bits per heavy atom. The van der Waals surface area contributed by atoms with Gasteiger partial charge in [0, 0.05) is 31.1 Å². The third-order valence-electron chi connectivity index (χ3n) is 8.03. The summed E-state index contributed by atoms with van der Waals surface area (Å²) < 4.78 is 34.8. The van der Waals surface area contributed by atoms with E-state index in [1.807, 2.05) is 75.4 Å². The number of sulfonamides is 1. The van der Waals surface area contributed by atoms with Gasteiger partial charge in [-0.1, -0.05) is 80.1 Å². The molecule has 1 N–H and O–H groups in total. The fourth-order valence-electron chi connectivity index (χ4n) is 5.22.